The van der Waals surface area contributed by atoms with Gasteiger partial charge in [-0.3, -0.25) is 4.79 Å². The lowest BCUT2D eigenvalue weighted by atomic mass is 10.4. The van der Waals surface area contributed by atoms with Crippen LogP contribution < -0.4 is 11.1 Å². The van der Waals surface area contributed by atoms with Gasteiger partial charge in [0.2, 0.25) is 0 Å². The lowest BCUT2D eigenvalue weighted by Crippen LogP contribution is -2.29. The van der Waals surface area contributed by atoms with Crippen LogP contribution in [0.25, 0.3) is 0 Å². The number of nitrogen functional groups attached to an aromatic ring is 1. The molecular formula is C7H9F2N3OS2. The number of aromatic nitrogens is 1. The average Bonchev–Trinajstić information content (AvgIpc) is 2.56. The molecule has 0 fully saturated rings. The summed E-state index contributed by atoms with van der Waals surface area (Å²) in [7, 11) is 0. The minimum absolute atomic E-state index is 0.0185. The SMILES string of the molecule is CSc1nc(C(=O)NCC(F)F)c(N)s1. The Morgan fingerprint density at radius 3 is 2.87 bits per heavy atom. The zero-order chi connectivity index (χ0) is 11.4. The minimum Gasteiger partial charge on any atom is -0.389 e. The van der Waals surface area contributed by atoms with Gasteiger partial charge in [-0.1, -0.05) is 23.1 Å². The first-order chi connectivity index (χ1) is 7.04. The number of carbonyl (C=O) groups excluding carboxylic acids is 1. The van der Waals surface area contributed by atoms with Crippen molar-refractivity contribution >= 4 is 34.0 Å². The molecule has 1 aromatic heterocycles. The molecule has 1 rings (SSSR count). The van der Waals surface area contributed by atoms with Gasteiger partial charge in [0.15, 0.2) is 10.0 Å². The number of nitrogens with two attached hydrogens (primary N) is 1. The molecule has 0 aromatic carbocycles. The summed E-state index contributed by atoms with van der Waals surface area (Å²) < 4.78 is 24.3. The zero-order valence-electron chi connectivity index (χ0n) is 7.79. The summed E-state index contributed by atoms with van der Waals surface area (Å²) in [5, 5.41) is 2.28. The Hall–Kier alpha value is -0.890. The second kappa shape index (κ2) is 5.26. The Balaban J connectivity index is 2.68. The number of carbonyl (C=O) groups is 1. The molecule has 1 aromatic rings. The van der Waals surface area contributed by atoms with E-state index in [-0.39, 0.29) is 10.7 Å². The van der Waals surface area contributed by atoms with Crippen LogP contribution in [0.15, 0.2) is 4.34 Å². The van der Waals surface area contributed by atoms with Crippen LogP contribution in [-0.4, -0.2) is 30.1 Å². The number of nitrogens with zero attached hydrogens (tertiary/aromatic N) is 1. The third-order valence-electron chi connectivity index (χ3n) is 1.44. The fourth-order valence-electron chi connectivity index (χ4n) is 0.815. The topological polar surface area (TPSA) is 68.0 Å². The maximum atomic E-state index is 11.8. The number of thiazole rings is 1. The van der Waals surface area contributed by atoms with Crippen molar-refractivity contribution in [1.29, 1.82) is 0 Å². The Bertz CT molecular complexity index is 356. The van der Waals surface area contributed by atoms with Gasteiger partial charge < -0.3 is 11.1 Å². The van der Waals surface area contributed by atoms with Crippen molar-refractivity contribution in [2.24, 2.45) is 0 Å². The standard InChI is InChI=1S/C7H9F2N3OS2/c1-14-7-12-4(5(10)15-7)6(13)11-2-3(8)9/h3H,2,10H2,1H3,(H,11,13). The predicted octanol–water partition coefficient (Wildman–Crippen LogP) is 1.44. The molecule has 1 heterocycles. The highest BCUT2D eigenvalue weighted by molar-refractivity contribution is 8.00. The summed E-state index contributed by atoms with van der Waals surface area (Å²) in [6.45, 7) is -0.690. The maximum absolute atomic E-state index is 11.8. The van der Waals surface area contributed by atoms with Crippen molar-refractivity contribution in [3.8, 4) is 0 Å². The third-order valence-corrected chi connectivity index (χ3v) is 3.31. The van der Waals surface area contributed by atoms with Gasteiger partial charge in [0.05, 0.1) is 6.54 Å². The molecule has 1 amide bonds. The molecule has 0 saturated heterocycles. The number of nitrogens with one attached hydrogen (secondary N) is 1. The largest absolute Gasteiger partial charge is 0.389 e. The van der Waals surface area contributed by atoms with Crippen LogP contribution in [0.3, 0.4) is 0 Å². The Kier molecular flexibility index (Phi) is 4.28. The van der Waals surface area contributed by atoms with Gasteiger partial charge in [0, 0.05) is 0 Å². The van der Waals surface area contributed by atoms with Crippen LogP contribution in [0.4, 0.5) is 13.8 Å². The number of hydrogen-bond donors (Lipinski definition) is 2. The van der Waals surface area contributed by atoms with E-state index in [0.29, 0.717) is 4.34 Å². The number of amides is 1. The molecule has 0 unspecified atom stereocenters. The molecule has 0 bridgehead atoms. The summed E-state index contributed by atoms with van der Waals surface area (Å²) in [5.41, 5.74) is 5.54. The highest BCUT2D eigenvalue weighted by Crippen LogP contribution is 2.27. The van der Waals surface area contributed by atoms with Crippen LogP contribution in [0.1, 0.15) is 10.5 Å². The number of rotatable bonds is 4. The lowest BCUT2D eigenvalue weighted by molar-refractivity contribution is 0.0888. The Morgan fingerprint density at radius 2 is 2.40 bits per heavy atom. The van der Waals surface area contributed by atoms with Gasteiger partial charge >= 0.3 is 0 Å². The quantitative estimate of drug-likeness (QED) is 0.797. The number of anilines is 1. The molecule has 0 aliphatic heterocycles. The van der Waals surface area contributed by atoms with E-state index in [1.807, 2.05) is 5.32 Å². The summed E-state index contributed by atoms with van der Waals surface area (Å²) in [4.78, 5) is 15.2. The summed E-state index contributed by atoms with van der Waals surface area (Å²) in [6, 6.07) is 0. The van der Waals surface area contributed by atoms with E-state index in [1.54, 1.807) is 6.26 Å². The van der Waals surface area contributed by atoms with Gasteiger partial charge in [0.25, 0.3) is 12.3 Å². The van der Waals surface area contributed by atoms with Crippen molar-refractivity contribution in [2.45, 2.75) is 10.8 Å². The van der Waals surface area contributed by atoms with Gasteiger partial charge in [-0.2, -0.15) is 0 Å². The molecule has 84 valence electrons. The molecule has 15 heavy (non-hydrogen) atoms. The fourth-order valence-corrected chi connectivity index (χ4v) is 2.16. The van der Waals surface area contributed by atoms with E-state index in [1.165, 1.54) is 11.8 Å². The van der Waals surface area contributed by atoms with Crippen LogP contribution in [0, 0.1) is 0 Å². The van der Waals surface area contributed by atoms with Crippen LogP contribution >= 0.6 is 23.1 Å². The smallest absolute Gasteiger partial charge is 0.273 e. The molecular weight excluding hydrogens is 244 g/mol. The second-order valence-corrected chi connectivity index (χ2v) is 4.58. The third kappa shape index (κ3) is 3.31. The van der Waals surface area contributed by atoms with E-state index in [0.717, 1.165) is 11.3 Å². The Labute approximate surface area is 93.3 Å². The monoisotopic (exact) mass is 253 g/mol. The second-order valence-electron chi connectivity index (χ2n) is 2.50. The van der Waals surface area contributed by atoms with Crippen molar-refractivity contribution < 1.29 is 13.6 Å². The highest BCUT2D eigenvalue weighted by atomic mass is 32.2. The highest BCUT2D eigenvalue weighted by Gasteiger charge is 2.16. The fraction of sp³-hybridized carbons (Fsp3) is 0.429. The molecule has 3 N–H and O–H groups in total. The van der Waals surface area contributed by atoms with Gasteiger partial charge in [-0.15, -0.1) is 0 Å². The number of hydrogen-bond acceptors (Lipinski definition) is 5. The molecule has 0 saturated carbocycles. The van der Waals surface area contributed by atoms with Crippen molar-refractivity contribution in [3.63, 3.8) is 0 Å². The first kappa shape index (κ1) is 12.2. The van der Waals surface area contributed by atoms with E-state index in [9.17, 15) is 13.6 Å². The molecule has 4 nitrogen and oxygen atoms in total. The maximum Gasteiger partial charge on any atom is 0.273 e. The van der Waals surface area contributed by atoms with E-state index >= 15 is 0 Å². The zero-order valence-corrected chi connectivity index (χ0v) is 9.42. The molecule has 0 radical (unpaired) electrons. The van der Waals surface area contributed by atoms with Gasteiger partial charge in [-0.25, -0.2) is 13.8 Å². The molecule has 0 spiro atoms. The number of alkyl halides is 2. The molecule has 0 atom stereocenters. The van der Waals surface area contributed by atoms with Crippen LogP contribution in [0.2, 0.25) is 0 Å². The van der Waals surface area contributed by atoms with Gasteiger partial charge in [0.1, 0.15) is 5.00 Å². The minimum atomic E-state index is -2.58. The average molecular weight is 253 g/mol. The van der Waals surface area contributed by atoms with E-state index in [2.05, 4.69) is 4.98 Å². The van der Waals surface area contributed by atoms with Crippen molar-refractivity contribution in [3.05, 3.63) is 5.69 Å². The summed E-state index contributed by atoms with van der Waals surface area (Å²) >= 11 is 2.50. The Morgan fingerprint density at radius 1 is 1.73 bits per heavy atom. The molecule has 0 aliphatic carbocycles. The summed E-state index contributed by atoms with van der Waals surface area (Å²) in [5.74, 6) is -0.663. The first-order valence-corrected chi connectivity index (χ1v) is 5.95. The normalized spacial score (nSPS) is 10.7. The first-order valence-electron chi connectivity index (χ1n) is 3.91. The van der Waals surface area contributed by atoms with Crippen molar-refractivity contribution in [2.75, 3.05) is 18.5 Å². The van der Waals surface area contributed by atoms with E-state index < -0.39 is 18.9 Å². The van der Waals surface area contributed by atoms with Gasteiger partial charge in [-0.05, 0) is 6.26 Å². The van der Waals surface area contributed by atoms with Crippen LogP contribution in [-0.2, 0) is 0 Å². The molecule has 0 aliphatic rings. The van der Waals surface area contributed by atoms with Crippen molar-refractivity contribution in [1.82, 2.24) is 10.3 Å². The lowest BCUT2D eigenvalue weighted by Gasteiger charge is -2.01. The number of thioether (sulfide) groups is 1. The summed E-state index contributed by atoms with van der Waals surface area (Å²) in [6.07, 6.45) is -0.784. The van der Waals surface area contributed by atoms with Crippen LogP contribution in [0.5, 0.6) is 0 Å². The molecule has 8 heteroatoms. The number of halogens is 2. The predicted molar refractivity (Wildman–Crippen MR) is 56.6 cm³/mol. The van der Waals surface area contributed by atoms with E-state index in [4.69, 9.17) is 5.73 Å².